The highest BCUT2D eigenvalue weighted by Gasteiger charge is 2.15. The number of rotatable bonds is 7. The molecule has 0 aliphatic carbocycles. The first-order valence-electron chi connectivity index (χ1n) is 5.93. The predicted molar refractivity (Wildman–Crippen MR) is 76.3 cm³/mol. The molecular formula is C12H19ClN2O3S. The van der Waals surface area contributed by atoms with Crippen LogP contribution in [-0.2, 0) is 10.0 Å². The molecule has 0 bridgehead atoms. The number of ether oxygens (including phenoxy) is 1. The molecule has 0 saturated carbocycles. The monoisotopic (exact) mass is 306 g/mol. The van der Waals surface area contributed by atoms with Crippen LogP contribution >= 0.6 is 11.6 Å². The first kappa shape index (κ1) is 16.2. The second-order valence-corrected chi connectivity index (χ2v) is 6.48. The molecule has 1 rings (SSSR count). The molecule has 0 fully saturated rings. The summed E-state index contributed by atoms with van der Waals surface area (Å²) in [5, 5.41) is 3.40. The van der Waals surface area contributed by atoms with Gasteiger partial charge in [-0.1, -0.05) is 25.4 Å². The van der Waals surface area contributed by atoms with Crippen molar-refractivity contribution >= 4 is 21.6 Å². The zero-order valence-corrected chi connectivity index (χ0v) is 12.8. The van der Waals surface area contributed by atoms with Crippen LogP contribution in [-0.4, -0.2) is 34.7 Å². The molecule has 0 aliphatic rings. The number of halogens is 1. The highest BCUT2D eigenvalue weighted by atomic mass is 35.5. The van der Waals surface area contributed by atoms with Gasteiger partial charge in [-0.25, -0.2) is 13.1 Å². The van der Waals surface area contributed by atoms with Crippen molar-refractivity contribution in [1.29, 1.82) is 0 Å². The number of methoxy groups -OCH3 is 1. The number of hydrogen-bond donors (Lipinski definition) is 2. The lowest BCUT2D eigenvalue weighted by Crippen LogP contribution is -2.34. The van der Waals surface area contributed by atoms with Crippen molar-refractivity contribution in [1.82, 2.24) is 10.0 Å². The van der Waals surface area contributed by atoms with Gasteiger partial charge in [0, 0.05) is 19.1 Å². The van der Waals surface area contributed by atoms with Gasteiger partial charge in [-0.05, 0) is 18.2 Å². The second-order valence-electron chi connectivity index (χ2n) is 4.30. The first-order chi connectivity index (χ1) is 8.86. The molecule has 1 aromatic carbocycles. The minimum absolute atomic E-state index is 0.128. The molecule has 7 heteroatoms. The standard InChI is InChI=1S/C12H19ClN2O3S/c1-9(2)14-6-7-15-19(16,17)10-4-5-12(18-3)11(13)8-10/h4-5,8-9,14-15H,6-7H2,1-3H3. The van der Waals surface area contributed by atoms with Crippen LogP contribution in [0, 0.1) is 0 Å². The third kappa shape index (κ3) is 4.99. The molecule has 0 unspecified atom stereocenters. The van der Waals surface area contributed by atoms with E-state index in [9.17, 15) is 8.42 Å². The molecule has 0 spiro atoms. The SMILES string of the molecule is COc1ccc(S(=O)(=O)NCCNC(C)C)cc1Cl. The van der Waals surface area contributed by atoms with E-state index in [1.807, 2.05) is 13.8 Å². The Morgan fingerprint density at radius 1 is 1.32 bits per heavy atom. The minimum atomic E-state index is -3.54. The maximum Gasteiger partial charge on any atom is 0.240 e. The maximum absolute atomic E-state index is 12.0. The minimum Gasteiger partial charge on any atom is -0.495 e. The molecule has 5 nitrogen and oxygen atoms in total. The van der Waals surface area contributed by atoms with Gasteiger partial charge < -0.3 is 10.1 Å². The second kappa shape index (κ2) is 7.09. The normalized spacial score (nSPS) is 11.8. The largest absolute Gasteiger partial charge is 0.495 e. The maximum atomic E-state index is 12.0. The Bertz CT molecular complexity index is 518. The van der Waals surface area contributed by atoms with E-state index >= 15 is 0 Å². The van der Waals surface area contributed by atoms with Gasteiger partial charge in [0.25, 0.3) is 0 Å². The number of sulfonamides is 1. The van der Waals surface area contributed by atoms with E-state index in [4.69, 9.17) is 16.3 Å². The van der Waals surface area contributed by atoms with Crippen molar-refractivity contribution < 1.29 is 13.2 Å². The van der Waals surface area contributed by atoms with Gasteiger partial charge in [-0.2, -0.15) is 0 Å². The van der Waals surface area contributed by atoms with E-state index in [1.54, 1.807) is 0 Å². The van der Waals surface area contributed by atoms with Crippen molar-refractivity contribution in [2.75, 3.05) is 20.2 Å². The molecule has 0 atom stereocenters. The van der Waals surface area contributed by atoms with Crippen LogP contribution in [0.3, 0.4) is 0 Å². The fraction of sp³-hybridized carbons (Fsp3) is 0.500. The summed E-state index contributed by atoms with van der Waals surface area (Å²) < 4.78 is 31.5. The molecule has 19 heavy (non-hydrogen) atoms. The van der Waals surface area contributed by atoms with Crippen molar-refractivity contribution in [3.8, 4) is 5.75 Å². The Labute approximate surface area is 119 Å². The molecule has 2 N–H and O–H groups in total. The van der Waals surface area contributed by atoms with Crippen molar-refractivity contribution in [2.24, 2.45) is 0 Å². The number of benzene rings is 1. The van der Waals surface area contributed by atoms with Gasteiger partial charge in [-0.3, -0.25) is 0 Å². The van der Waals surface area contributed by atoms with Crippen molar-refractivity contribution in [2.45, 2.75) is 24.8 Å². The summed E-state index contributed by atoms with van der Waals surface area (Å²) in [6.07, 6.45) is 0. The van der Waals surface area contributed by atoms with Crippen LogP contribution in [0.15, 0.2) is 23.1 Å². The zero-order chi connectivity index (χ0) is 14.5. The van der Waals surface area contributed by atoms with Crippen LogP contribution in [0.2, 0.25) is 5.02 Å². The Morgan fingerprint density at radius 3 is 2.53 bits per heavy atom. The van der Waals surface area contributed by atoms with Crippen LogP contribution in [0.1, 0.15) is 13.8 Å². The fourth-order valence-electron chi connectivity index (χ4n) is 1.44. The van der Waals surface area contributed by atoms with Gasteiger partial charge in [0.2, 0.25) is 10.0 Å². The van der Waals surface area contributed by atoms with E-state index in [1.165, 1.54) is 25.3 Å². The van der Waals surface area contributed by atoms with Gasteiger partial charge in [0.1, 0.15) is 5.75 Å². The highest BCUT2D eigenvalue weighted by molar-refractivity contribution is 7.89. The molecule has 0 aliphatic heterocycles. The molecular weight excluding hydrogens is 288 g/mol. The average molecular weight is 307 g/mol. The van der Waals surface area contributed by atoms with Crippen molar-refractivity contribution in [3.05, 3.63) is 23.2 Å². The first-order valence-corrected chi connectivity index (χ1v) is 7.79. The summed E-state index contributed by atoms with van der Waals surface area (Å²) in [6.45, 7) is 4.89. The summed E-state index contributed by atoms with van der Waals surface area (Å²) in [5.74, 6) is 0.446. The highest BCUT2D eigenvalue weighted by Crippen LogP contribution is 2.26. The summed E-state index contributed by atoms with van der Waals surface area (Å²) in [6, 6.07) is 4.69. The fourth-order valence-corrected chi connectivity index (χ4v) is 2.82. The lowest BCUT2D eigenvalue weighted by Gasteiger charge is -2.10. The zero-order valence-electron chi connectivity index (χ0n) is 11.2. The van der Waals surface area contributed by atoms with E-state index in [-0.39, 0.29) is 9.92 Å². The molecule has 108 valence electrons. The third-order valence-electron chi connectivity index (χ3n) is 2.40. The molecule has 0 heterocycles. The van der Waals surface area contributed by atoms with E-state index in [0.717, 1.165) is 0 Å². The lowest BCUT2D eigenvalue weighted by atomic mass is 10.3. The Morgan fingerprint density at radius 2 is 2.00 bits per heavy atom. The Kier molecular flexibility index (Phi) is 6.06. The predicted octanol–water partition coefficient (Wildman–Crippen LogP) is 1.62. The third-order valence-corrected chi connectivity index (χ3v) is 4.16. The summed E-state index contributed by atoms with van der Waals surface area (Å²) in [5.41, 5.74) is 0. The smallest absolute Gasteiger partial charge is 0.240 e. The number of nitrogens with one attached hydrogen (secondary N) is 2. The molecule has 0 saturated heterocycles. The summed E-state index contributed by atoms with van der Waals surface area (Å²) >= 11 is 5.91. The van der Waals surface area contributed by atoms with Gasteiger partial charge in [-0.15, -0.1) is 0 Å². The van der Waals surface area contributed by atoms with E-state index < -0.39 is 10.0 Å². The van der Waals surface area contributed by atoms with Crippen molar-refractivity contribution in [3.63, 3.8) is 0 Å². The lowest BCUT2D eigenvalue weighted by molar-refractivity contribution is 0.414. The number of hydrogen-bond acceptors (Lipinski definition) is 4. The van der Waals surface area contributed by atoms with E-state index in [2.05, 4.69) is 10.0 Å². The molecule has 0 amide bonds. The Hall–Kier alpha value is -0.820. The molecule has 0 radical (unpaired) electrons. The molecule has 0 aromatic heterocycles. The van der Waals surface area contributed by atoms with Gasteiger partial charge in [0.05, 0.1) is 17.0 Å². The van der Waals surface area contributed by atoms with Gasteiger partial charge in [0.15, 0.2) is 0 Å². The van der Waals surface area contributed by atoms with Crippen LogP contribution in [0.25, 0.3) is 0 Å². The van der Waals surface area contributed by atoms with Crippen LogP contribution in [0.4, 0.5) is 0 Å². The van der Waals surface area contributed by atoms with Crippen LogP contribution in [0.5, 0.6) is 5.75 Å². The van der Waals surface area contributed by atoms with Gasteiger partial charge >= 0.3 is 0 Å². The average Bonchev–Trinajstić information content (AvgIpc) is 2.34. The van der Waals surface area contributed by atoms with E-state index in [0.29, 0.717) is 24.9 Å². The summed E-state index contributed by atoms with van der Waals surface area (Å²) in [7, 11) is -2.06. The topological polar surface area (TPSA) is 67.4 Å². The quantitative estimate of drug-likeness (QED) is 0.751. The Balaban J connectivity index is 2.69. The van der Waals surface area contributed by atoms with Crippen LogP contribution < -0.4 is 14.8 Å². The summed E-state index contributed by atoms with van der Waals surface area (Å²) in [4.78, 5) is 0.128. The molecule has 1 aromatic rings.